The number of nitrogens with zero attached hydrogens (tertiary/aromatic N) is 5. The highest BCUT2D eigenvalue weighted by Crippen LogP contribution is 2.38. The SMILES string of the molecule is CN(C)CC(=O)CCC1CCCN1c1ccnc2[nH]cc(-c3ccnc(N)n3)c12. The number of aromatic amines is 1. The Bertz CT molecular complexity index is 1010. The first-order valence-corrected chi connectivity index (χ1v) is 10.0. The van der Waals surface area contributed by atoms with Crippen molar-refractivity contribution in [1.82, 2.24) is 24.8 Å². The maximum Gasteiger partial charge on any atom is 0.220 e. The lowest BCUT2D eigenvalue weighted by Crippen LogP contribution is -2.31. The highest BCUT2D eigenvalue weighted by Gasteiger charge is 2.28. The van der Waals surface area contributed by atoms with Gasteiger partial charge in [-0.25, -0.2) is 15.0 Å². The van der Waals surface area contributed by atoms with Crippen LogP contribution in [0.3, 0.4) is 0 Å². The normalized spacial score (nSPS) is 16.8. The maximum absolute atomic E-state index is 12.2. The molecule has 0 saturated carbocycles. The number of anilines is 2. The van der Waals surface area contributed by atoms with Crippen LogP contribution in [0.5, 0.6) is 0 Å². The molecule has 3 aromatic heterocycles. The quantitative estimate of drug-likeness (QED) is 0.635. The molecule has 1 aliphatic rings. The predicted octanol–water partition coefficient (Wildman–Crippen LogP) is 2.48. The minimum atomic E-state index is 0.251. The number of carbonyl (C=O) groups excluding carboxylic acids is 1. The number of fused-ring (bicyclic) bond motifs is 1. The molecule has 0 radical (unpaired) electrons. The average molecular weight is 393 g/mol. The van der Waals surface area contributed by atoms with Crippen molar-refractivity contribution in [3.8, 4) is 11.3 Å². The Labute approximate surface area is 170 Å². The van der Waals surface area contributed by atoms with Crippen LogP contribution < -0.4 is 10.6 Å². The first-order valence-electron chi connectivity index (χ1n) is 10.0. The summed E-state index contributed by atoms with van der Waals surface area (Å²) >= 11 is 0. The lowest BCUT2D eigenvalue weighted by atomic mass is 10.0. The van der Waals surface area contributed by atoms with Gasteiger partial charge in [0.25, 0.3) is 0 Å². The lowest BCUT2D eigenvalue weighted by molar-refractivity contribution is -0.119. The number of pyridine rings is 1. The third kappa shape index (κ3) is 4.07. The zero-order valence-corrected chi connectivity index (χ0v) is 16.9. The molecule has 1 aliphatic heterocycles. The maximum atomic E-state index is 12.2. The first kappa shape index (κ1) is 19.3. The number of nitrogens with one attached hydrogen (secondary N) is 1. The summed E-state index contributed by atoms with van der Waals surface area (Å²) in [4.78, 5) is 32.7. The molecule has 3 aromatic rings. The first-order chi connectivity index (χ1) is 14.0. The van der Waals surface area contributed by atoms with Crippen molar-refractivity contribution >= 4 is 28.5 Å². The van der Waals surface area contributed by atoms with Gasteiger partial charge in [-0.1, -0.05) is 0 Å². The monoisotopic (exact) mass is 393 g/mol. The topological polar surface area (TPSA) is 104 Å². The Morgan fingerprint density at radius 3 is 2.93 bits per heavy atom. The van der Waals surface area contributed by atoms with E-state index in [2.05, 4.69) is 30.9 Å². The van der Waals surface area contributed by atoms with Crippen molar-refractivity contribution in [3.05, 3.63) is 30.7 Å². The number of rotatable bonds is 7. The van der Waals surface area contributed by atoms with Gasteiger partial charge in [0.05, 0.1) is 23.3 Å². The summed E-state index contributed by atoms with van der Waals surface area (Å²) < 4.78 is 0. The summed E-state index contributed by atoms with van der Waals surface area (Å²) in [7, 11) is 3.86. The predicted molar refractivity (Wildman–Crippen MR) is 115 cm³/mol. The molecule has 1 atom stereocenters. The van der Waals surface area contributed by atoms with Crippen molar-refractivity contribution < 1.29 is 4.79 Å². The lowest BCUT2D eigenvalue weighted by Gasteiger charge is -2.28. The molecule has 0 spiro atoms. The van der Waals surface area contributed by atoms with Crippen LogP contribution in [0.4, 0.5) is 11.6 Å². The zero-order valence-electron chi connectivity index (χ0n) is 16.9. The largest absolute Gasteiger partial charge is 0.368 e. The molecule has 0 aromatic carbocycles. The van der Waals surface area contributed by atoms with Crippen LogP contribution in [0.25, 0.3) is 22.3 Å². The van der Waals surface area contributed by atoms with Crippen LogP contribution in [0.1, 0.15) is 25.7 Å². The van der Waals surface area contributed by atoms with E-state index in [4.69, 9.17) is 5.73 Å². The molecule has 3 N–H and O–H groups in total. The number of H-pyrrole nitrogens is 1. The van der Waals surface area contributed by atoms with E-state index in [9.17, 15) is 4.79 Å². The van der Waals surface area contributed by atoms with Crippen LogP contribution in [0.2, 0.25) is 0 Å². The third-order valence-corrected chi connectivity index (χ3v) is 5.44. The van der Waals surface area contributed by atoms with Crippen molar-refractivity contribution in [2.75, 3.05) is 37.8 Å². The molecular formula is C21H27N7O. The van der Waals surface area contributed by atoms with E-state index in [-0.39, 0.29) is 5.95 Å². The van der Waals surface area contributed by atoms with Crippen LogP contribution in [0, 0.1) is 0 Å². The molecule has 1 fully saturated rings. The molecule has 4 rings (SSSR count). The van der Waals surface area contributed by atoms with Gasteiger partial charge in [-0.15, -0.1) is 0 Å². The van der Waals surface area contributed by atoms with E-state index in [1.54, 1.807) is 6.20 Å². The van der Waals surface area contributed by atoms with E-state index < -0.39 is 0 Å². The number of nitrogen functional groups attached to an aromatic ring is 1. The molecule has 0 amide bonds. The third-order valence-electron chi connectivity index (χ3n) is 5.44. The van der Waals surface area contributed by atoms with Gasteiger partial charge in [0, 0.05) is 43.2 Å². The smallest absolute Gasteiger partial charge is 0.220 e. The Kier molecular flexibility index (Phi) is 5.44. The highest BCUT2D eigenvalue weighted by atomic mass is 16.1. The molecule has 1 saturated heterocycles. The molecule has 0 aliphatic carbocycles. The van der Waals surface area contributed by atoms with Gasteiger partial charge < -0.3 is 20.5 Å². The van der Waals surface area contributed by atoms with E-state index >= 15 is 0 Å². The fourth-order valence-electron chi connectivity index (χ4n) is 4.22. The zero-order chi connectivity index (χ0) is 20.4. The molecule has 1 unspecified atom stereocenters. The van der Waals surface area contributed by atoms with Crippen molar-refractivity contribution in [3.63, 3.8) is 0 Å². The van der Waals surface area contributed by atoms with Gasteiger partial charge in [-0.2, -0.15) is 0 Å². The van der Waals surface area contributed by atoms with Crippen LogP contribution in [-0.2, 0) is 4.79 Å². The number of aromatic nitrogens is 4. The summed E-state index contributed by atoms with van der Waals surface area (Å²) in [6, 6.07) is 4.27. The number of likely N-dealkylation sites (N-methyl/N-ethyl adjacent to an activating group) is 1. The number of carbonyl (C=O) groups is 1. The fraction of sp³-hybridized carbons (Fsp3) is 0.429. The number of ketones is 1. The van der Waals surface area contributed by atoms with Gasteiger partial charge in [0.15, 0.2) is 0 Å². The second-order valence-electron chi connectivity index (χ2n) is 7.86. The average Bonchev–Trinajstić information content (AvgIpc) is 3.32. The Morgan fingerprint density at radius 1 is 1.31 bits per heavy atom. The number of nitrogens with two attached hydrogens (primary N) is 1. The van der Waals surface area contributed by atoms with Crippen molar-refractivity contribution in [2.24, 2.45) is 0 Å². The van der Waals surface area contributed by atoms with Gasteiger partial charge in [-0.05, 0) is 45.5 Å². The van der Waals surface area contributed by atoms with Gasteiger partial charge in [0.2, 0.25) is 5.95 Å². The van der Waals surface area contributed by atoms with Gasteiger partial charge in [-0.3, -0.25) is 4.79 Å². The second-order valence-corrected chi connectivity index (χ2v) is 7.86. The van der Waals surface area contributed by atoms with Crippen LogP contribution in [-0.4, -0.2) is 63.8 Å². The van der Waals surface area contributed by atoms with Crippen molar-refractivity contribution in [1.29, 1.82) is 0 Å². The summed E-state index contributed by atoms with van der Waals surface area (Å²) in [6.07, 6.45) is 9.12. The summed E-state index contributed by atoms with van der Waals surface area (Å²) in [5, 5.41) is 1.04. The van der Waals surface area contributed by atoms with Crippen molar-refractivity contribution in [2.45, 2.75) is 31.7 Å². The summed E-state index contributed by atoms with van der Waals surface area (Å²) in [6.45, 7) is 1.48. The van der Waals surface area contributed by atoms with E-state index in [0.29, 0.717) is 24.8 Å². The number of hydrogen-bond acceptors (Lipinski definition) is 7. The second kappa shape index (κ2) is 8.16. The Balaban J connectivity index is 1.64. The molecule has 29 heavy (non-hydrogen) atoms. The molecule has 0 bridgehead atoms. The van der Waals surface area contributed by atoms with E-state index in [1.807, 2.05) is 37.5 Å². The Hall–Kier alpha value is -3.00. The molecular weight excluding hydrogens is 366 g/mol. The standard InChI is InChI=1S/C21H27N7O/c1-27(2)13-15(29)6-5-14-4-3-11-28(14)18-8-10-23-20-19(18)16(12-25-20)17-7-9-24-21(22)26-17/h7-10,12,14H,3-6,11,13H2,1-2H3,(H,23,25)(H2,22,24,26). The fourth-order valence-corrected chi connectivity index (χ4v) is 4.22. The summed E-state index contributed by atoms with van der Waals surface area (Å²) in [5.74, 6) is 0.543. The molecule has 8 nitrogen and oxygen atoms in total. The molecule has 4 heterocycles. The molecule has 8 heteroatoms. The highest BCUT2D eigenvalue weighted by molar-refractivity contribution is 6.02. The Morgan fingerprint density at radius 2 is 2.14 bits per heavy atom. The molecule has 152 valence electrons. The van der Waals surface area contributed by atoms with Gasteiger partial charge >= 0.3 is 0 Å². The van der Waals surface area contributed by atoms with E-state index in [0.717, 1.165) is 53.8 Å². The minimum absolute atomic E-state index is 0.251. The van der Waals surface area contributed by atoms with E-state index in [1.165, 1.54) is 0 Å². The van der Waals surface area contributed by atoms with Crippen LogP contribution >= 0.6 is 0 Å². The summed E-state index contributed by atoms with van der Waals surface area (Å²) in [5.41, 5.74) is 9.49. The number of hydrogen-bond donors (Lipinski definition) is 2. The van der Waals surface area contributed by atoms with Crippen LogP contribution in [0.15, 0.2) is 30.7 Å². The number of Topliss-reactive ketones (excluding diaryl/α,β-unsaturated/α-hetero) is 1. The minimum Gasteiger partial charge on any atom is -0.368 e. The van der Waals surface area contributed by atoms with Gasteiger partial charge in [0.1, 0.15) is 11.4 Å².